The molecule has 1 atom stereocenters. The van der Waals surface area contributed by atoms with Crippen molar-refractivity contribution in [3.8, 4) is 17.2 Å². The van der Waals surface area contributed by atoms with Crippen molar-refractivity contribution < 1.29 is 42.1 Å². The number of amides is 1. The van der Waals surface area contributed by atoms with Crippen LogP contribution in [0.25, 0.3) is 5.76 Å². The minimum absolute atomic E-state index is 0.173. The first-order valence-electron chi connectivity index (χ1n) is 11.4. The minimum Gasteiger partial charge on any atom is -0.507 e. The highest BCUT2D eigenvalue weighted by molar-refractivity contribution is 6.46. The van der Waals surface area contributed by atoms with E-state index in [4.69, 9.17) is 14.2 Å². The highest BCUT2D eigenvalue weighted by Crippen LogP contribution is 2.42. The van der Waals surface area contributed by atoms with Gasteiger partial charge in [0.05, 0.1) is 38.5 Å². The molecule has 3 aromatic carbocycles. The minimum atomic E-state index is -4.58. The summed E-state index contributed by atoms with van der Waals surface area (Å²) in [6.45, 7) is -0.298. The topological polar surface area (TPSA) is 85.3 Å². The molecule has 0 aromatic heterocycles. The first-order valence-corrected chi connectivity index (χ1v) is 11.4. The lowest BCUT2D eigenvalue weighted by Crippen LogP contribution is -2.29. The number of halogens is 3. The van der Waals surface area contributed by atoms with Gasteiger partial charge in [-0.15, -0.1) is 0 Å². The number of hydrogen-bond donors (Lipinski definition) is 1. The van der Waals surface area contributed by atoms with Crippen LogP contribution in [0.5, 0.6) is 17.2 Å². The Morgan fingerprint density at radius 1 is 0.895 bits per heavy atom. The van der Waals surface area contributed by atoms with Crippen LogP contribution in [0.1, 0.15) is 28.3 Å². The molecule has 1 saturated heterocycles. The van der Waals surface area contributed by atoms with Crippen LogP contribution in [0, 0.1) is 0 Å². The van der Waals surface area contributed by atoms with Gasteiger partial charge in [-0.3, -0.25) is 9.59 Å². The number of ether oxygens (including phenoxy) is 3. The molecular weight excluding hydrogens is 503 g/mol. The predicted molar refractivity (Wildman–Crippen MR) is 132 cm³/mol. The van der Waals surface area contributed by atoms with E-state index in [9.17, 15) is 27.9 Å². The number of rotatable bonds is 7. The maximum atomic E-state index is 13.3. The molecule has 7 nitrogen and oxygen atoms in total. The quantitative estimate of drug-likeness (QED) is 0.253. The van der Waals surface area contributed by atoms with Gasteiger partial charge in [-0.1, -0.05) is 24.3 Å². The molecule has 1 aliphatic rings. The number of methoxy groups -OCH3 is 3. The summed E-state index contributed by atoms with van der Waals surface area (Å²) in [6, 6.07) is 14.4. The van der Waals surface area contributed by atoms with Gasteiger partial charge < -0.3 is 24.2 Å². The number of Topliss-reactive ketones (excluding diaryl/α,β-unsaturated/α-hetero) is 1. The van der Waals surface area contributed by atoms with Crippen molar-refractivity contribution in [1.82, 2.24) is 4.90 Å². The fourth-order valence-corrected chi connectivity index (χ4v) is 4.36. The number of aliphatic hydroxyl groups is 1. The second-order valence-corrected chi connectivity index (χ2v) is 8.47. The van der Waals surface area contributed by atoms with Crippen molar-refractivity contribution in [2.75, 3.05) is 21.3 Å². The molecule has 1 heterocycles. The molecule has 10 heteroatoms. The second kappa shape index (κ2) is 10.5. The maximum absolute atomic E-state index is 13.3. The van der Waals surface area contributed by atoms with Crippen LogP contribution >= 0.6 is 0 Å². The van der Waals surface area contributed by atoms with Gasteiger partial charge >= 0.3 is 6.18 Å². The van der Waals surface area contributed by atoms with E-state index < -0.39 is 35.2 Å². The maximum Gasteiger partial charge on any atom is 0.416 e. The van der Waals surface area contributed by atoms with Crippen LogP contribution in [-0.4, -0.2) is 43.0 Å². The zero-order valence-electron chi connectivity index (χ0n) is 20.7. The van der Waals surface area contributed by atoms with Crippen molar-refractivity contribution in [3.05, 3.63) is 94.6 Å². The molecule has 3 aromatic rings. The third-order valence-electron chi connectivity index (χ3n) is 6.24. The molecule has 0 bridgehead atoms. The highest BCUT2D eigenvalue weighted by atomic mass is 19.4. The standard InChI is InChI=1S/C28H24F3NO6/c1-36-20-10-7-17(8-11-20)24-23(25(33)18-9-12-21(37-2)22(14-18)38-3)26(34)27(35)32(24)15-16-5-4-6-19(13-16)28(29,30)31/h4-14,24,33H,15H2,1-3H3/b25-23+. The first-order chi connectivity index (χ1) is 18.1. The zero-order valence-corrected chi connectivity index (χ0v) is 20.7. The molecule has 4 rings (SSSR count). The molecule has 1 amide bonds. The van der Waals surface area contributed by atoms with Crippen molar-refractivity contribution >= 4 is 17.4 Å². The van der Waals surface area contributed by atoms with Crippen LogP contribution in [0.4, 0.5) is 13.2 Å². The lowest BCUT2D eigenvalue weighted by Gasteiger charge is -2.26. The van der Waals surface area contributed by atoms with Gasteiger partial charge in [0, 0.05) is 12.1 Å². The summed E-state index contributed by atoms with van der Waals surface area (Å²) >= 11 is 0. The molecule has 1 N–H and O–H groups in total. The third kappa shape index (κ3) is 5.02. The van der Waals surface area contributed by atoms with E-state index in [0.29, 0.717) is 17.1 Å². The molecule has 0 spiro atoms. The smallest absolute Gasteiger partial charge is 0.416 e. The number of carbonyl (C=O) groups excluding carboxylic acids is 2. The summed E-state index contributed by atoms with van der Waals surface area (Å²) in [5.41, 5.74) is -0.263. The lowest BCUT2D eigenvalue weighted by atomic mass is 9.95. The number of benzene rings is 3. The van der Waals surface area contributed by atoms with E-state index in [1.165, 1.54) is 51.7 Å². The van der Waals surface area contributed by atoms with Gasteiger partial charge in [0.1, 0.15) is 11.5 Å². The summed E-state index contributed by atoms with van der Waals surface area (Å²) in [6.07, 6.45) is -4.58. The third-order valence-corrected chi connectivity index (χ3v) is 6.24. The fraction of sp³-hybridized carbons (Fsp3) is 0.214. The molecule has 0 saturated carbocycles. The number of aliphatic hydroxyl groups excluding tert-OH is 1. The molecule has 0 radical (unpaired) electrons. The first kappa shape index (κ1) is 26.6. The fourth-order valence-electron chi connectivity index (χ4n) is 4.36. The van der Waals surface area contributed by atoms with Crippen LogP contribution in [0.15, 0.2) is 72.3 Å². The van der Waals surface area contributed by atoms with Gasteiger partial charge in [0.2, 0.25) is 0 Å². The number of carbonyl (C=O) groups is 2. The molecule has 1 aliphatic heterocycles. The molecular formula is C28H24F3NO6. The van der Waals surface area contributed by atoms with Crippen molar-refractivity contribution in [2.45, 2.75) is 18.8 Å². The normalized spacial score (nSPS) is 17.0. The van der Waals surface area contributed by atoms with Gasteiger partial charge in [0.15, 0.2) is 11.5 Å². The van der Waals surface area contributed by atoms with E-state index in [1.807, 2.05) is 0 Å². The van der Waals surface area contributed by atoms with E-state index in [0.717, 1.165) is 17.0 Å². The van der Waals surface area contributed by atoms with Crippen molar-refractivity contribution in [2.24, 2.45) is 0 Å². The Balaban J connectivity index is 1.85. The molecule has 1 unspecified atom stereocenters. The summed E-state index contributed by atoms with van der Waals surface area (Å²) in [7, 11) is 4.33. The van der Waals surface area contributed by atoms with Crippen molar-refractivity contribution in [1.29, 1.82) is 0 Å². The summed E-state index contributed by atoms with van der Waals surface area (Å²) in [5.74, 6) is -1.19. The van der Waals surface area contributed by atoms with E-state index in [-0.39, 0.29) is 29.0 Å². The van der Waals surface area contributed by atoms with Gasteiger partial charge in [0.25, 0.3) is 11.7 Å². The van der Waals surface area contributed by atoms with Crippen LogP contribution in [0.2, 0.25) is 0 Å². The number of likely N-dealkylation sites (tertiary alicyclic amines) is 1. The molecule has 1 fully saturated rings. The lowest BCUT2D eigenvalue weighted by molar-refractivity contribution is -0.140. The Hall–Kier alpha value is -4.47. The van der Waals surface area contributed by atoms with Gasteiger partial charge in [-0.2, -0.15) is 13.2 Å². The average Bonchev–Trinajstić information content (AvgIpc) is 3.16. The molecule has 38 heavy (non-hydrogen) atoms. The number of alkyl halides is 3. The predicted octanol–water partition coefficient (Wildman–Crippen LogP) is 5.35. The van der Waals surface area contributed by atoms with Crippen LogP contribution in [0.3, 0.4) is 0 Å². The summed E-state index contributed by atoms with van der Waals surface area (Å²) in [4.78, 5) is 27.6. The Morgan fingerprint density at radius 2 is 1.58 bits per heavy atom. The number of hydrogen-bond acceptors (Lipinski definition) is 6. The molecule has 198 valence electrons. The SMILES string of the molecule is COc1ccc(C2/C(=C(\O)c3ccc(OC)c(OC)c3)C(=O)C(=O)N2Cc2cccc(C(F)(F)F)c2)cc1. The van der Waals surface area contributed by atoms with Crippen LogP contribution < -0.4 is 14.2 Å². The van der Waals surface area contributed by atoms with E-state index >= 15 is 0 Å². The van der Waals surface area contributed by atoms with E-state index in [2.05, 4.69) is 0 Å². The largest absolute Gasteiger partial charge is 0.507 e. The monoisotopic (exact) mass is 527 g/mol. The Bertz CT molecular complexity index is 1400. The Kier molecular flexibility index (Phi) is 7.34. The van der Waals surface area contributed by atoms with Crippen molar-refractivity contribution in [3.63, 3.8) is 0 Å². The zero-order chi connectivity index (χ0) is 27.6. The van der Waals surface area contributed by atoms with E-state index in [1.54, 1.807) is 24.3 Å². The average molecular weight is 527 g/mol. The highest BCUT2D eigenvalue weighted by Gasteiger charge is 2.46. The Labute approximate surface area is 216 Å². The van der Waals surface area contributed by atoms with Crippen LogP contribution in [-0.2, 0) is 22.3 Å². The number of nitrogens with zero attached hydrogens (tertiary/aromatic N) is 1. The van der Waals surface area contributed by atoms with Gasteiger partial charge in [-0.25, -0.2) is 0 Å². The Morgan fingerprint density at radius 3 is 2.18 bits per heavy atom. The number of ketones is 1. The summed E-state index contributed by atoms with van der Waals surface area (Å²) < 4.78 is 55.6. The summed E-state index contributed by atoms with van der Waals surface area (Å²) in [5, 5.41) is 11.3. The second-order valence-electron chi connectivity index (χ2n) is 8.47. The van der Waals surface area contributed by atoms with Gasteiger partial charge in [-0.05, 0) is 53.6 Å². The molecule has 0 aliphatic carbocycles.